The van der Waals surface area contributed by atoms with E-state index in [1.807, 2.05) is 67.5 Å². The van der Waals surface area contributed by atoms with Crippen molar-refractivity contribution in [3.8, 4) is 11.1 Å². The van der Waals surface area contributed by atoms with Gasteiger partial charge in [0.2, 0.25) is 11.9 Å². The molecule has 1 amide bonds. The highest BCUT2D eigenvalue weighted by Gasteiger charge is 2.44. The molecule has 1 fully saturated rings. The summed E-state index contributed by atoms with van der Waals surface area (Å²) in [6.07, 6.45) is 9.31. The minimum absolute atomic E-state index is 0.168. The van der Waals surface area contributed by atoms with Crippen LogP contribution in [0.3, 0.4) is 0 Å². The molecule has 3 aromatic rings. The Labute approximate surface area is 184 Å². The zero-order valence-corrected chi connectivity index (χ0v) is 18.5. The lowest BCUT2D eigenvalue weighted by atomic mass is 9.77. The highest BCUT2D eigenvalue weighted by atomic mass is 16.2. The molecule has 2 aromatic heterocycles. The van der Waals surface area contributed by atoms with Crippen LogP contribution in [0.1, 0.15) is 36.9 Å². The van der Waals surface area contributed by atoms with Crippen LogP contribution in [0.25, 0.3) is 11.1 Å². The van der Waals surface area contributed by atoms with Gasteiger partial charge in [0.25, 0.3) is 0 Å². The maximum atomic E-state index is 13.8. The fourth-order valence-electron chi connectivity index (χ4n) is 4.54. The maximum absolute atomic E-state index is 13.8. The Hall–Kier alpha value is -3.28. The summed E-state index contributed by atoms with van der Waals surface area (Å²) in [6.45, 7) is 0.425. The van der Waals surface area contributed by atoms with Gasteiger partial charge in [0.05, 0.1) is 17.7 Å². The highest BCUT2D eigenvalue weighted by molar-refractivity contribution is 5.88. The van der Waals surface area contributed by atoms with Crippen molar-refractivity contribution in [1.82, 2.24) is 19.9 Å². The molecule has 0 radical (unpaired) electrons. The van der Waals surface area contributed by atoms with Crippen LogP contribution in [0.4, 0.5) is 5.95 Å². The van der Waals surface area contributed by atoms with Crippen LogP contribution in [0.5, 0.6) is 0 Å². The second-order valence-electron chi connectivity index (χ2n) is 8.48. The number of amides is 1. The smallest absolute Gasteiger partial charge is 0.233 e. The molecular formula is C25H29N5O. The Morgan fingerprint density at radius 2 is 1.68 bits per heavy atom. The number of benzene rings is 1. The van der Waals surface area contributed by atoms with E-state index in [0.717, 1.165) is 48.1 Å². The number of pyridine rings is 1. The Balaban J connectivity index is 1.68. The van der Waals surface area contributed by atoms with Crippen LogP contribution in [-0.4, -0.2) is 46.9 Å². The van der Waals surface area contributed by atoms with Crippen molar-refractivity contribution in [1.29, 1.82) is 0 Å². The molecule has 0 N–H and O–H groups in total. The van der Waals surface area contributed by atoms with E-state index in [1.54, 1.807) is 12.4 Å². The molecule has 6 nitrogen and oxygen atoms in total. The van der Waals surface area contributed by atoms with Crippen molar-refractivity contribution in [2.45, 2.75) is 37.6 Å². The van der Waals surface area contributed by atoms with Gasteiger partial charge in [0.15, 0.2) is 0 Å². The zero-order chi connectivity index (χ0) is 21.8. The van der Waals surface area contributed by atoms with Crippen LogP contribution in [0.2, 0.25) is 0 Å². The number of likely N-dealkylation sites (N-methyl/N-ethyl adjacent to an activating group) is 1. The van der Waals surface area contributed by atoms with Crippen LogP contribution >= 0.6 is 0 Å². The quantitative estimate of drug-likeness (QED) is 0.607. The molecule has 0 atom stereocenters. The molecule has 160 valence electrons. The summed E-state index contributed by atoms with van der Waals surface area (Å²) in [5.41, 5.74) is 3.43. The topological polar surface area (TPSA) is 62.2 Å². The van der Waals surface area contributed by atoms with Gasteiger partial charge in [-0.2, -0.15) is 0 Å². The maximum Gasteiger partial charge on any atom is 0.233 e. The Kier molecular flexibility index (Phi) is 5.98. The van der Waals surface area contributed by atoms with Gasteiger partial charge < -0.3 is 9.80 Å². The Morgan fingerprint density at radius 3 is 2.32 bits per heavy atom. The zero-order valence-electron chi connectivity index (χ0n) is 18.5. The van der Waals surface area contributed by atoms with E-state index in [2.05, 4.69) is 22.1 Å². The van der Waals surface area contributed by atoms with Gasteiger partial charge >= 0.3 is 0 Å². The SMILES string of the molecule is CN(Cc1nc(N(C)C)ncc1-c1ccncc1)C(=O)C1(c2ccccc2)CCCC1. The molecule has 1 saturated carbocycles. The molecule has 4 rings (SSSR count). The molecule has 1 aliphatic rings. The first-order valence-corrected chi connectivity index (χ1v) is 10.8. The van der Waals surface area contributed by atoms with E-state index in [9.17, 15) is 4.79 Å². The number of carbonyl (C=O) groups excluding carboxylic acids is 1. The van der Waals surface area contributed by atoms with Gasteiger partial charge in [-0.1, -0.05) is 43.2 Å². The first-order chi connectivity index (χ1) is 15.0. The lowest BCUT2D eigenvalue weighted by molar-refractivity contribution is -0.136. The Bertz CT molecular complexity index is 1030. The van der Waals surface area contributed by atoms with Crippen LogP contribution in [-0.2, 0) is 16.8 Å². The summed E-state index contributed by atoms with van der Waals surface area (Å²) in [5, 5.41) is 0. The summed E-state index contributed by atoms with van der Waals surface area (Å²) < 4.78 is 0. The molecule has 0 aliphatic heterocycles. The third-order valence-electron chi connectivity index (χ3n) is 6.17. The second kappa shape index (κ2) is 8.84. The summed E-state index contributed by atoms with van der Waals surface area (Å²) in [4.78, 5) is 30.9. The van der Waals surface area contributed by atoms with Crippen molar-refractivity contribution in [2.75, 3.05) is 26.0 Å². The number of anilines is 1. The van der Waals surface area contributed by atoms with Gasteiger partial charge in [0, 0.05) is 45.3 Å². The minimum atomic E-state index is -0.440. The molecule has 0 bridgehead atoms. The Morgan fingerprint density at radius 1 is 1.00 bits per heavy atom. The number of hydrogen-bond acceptors (Lipinski definition) is 5. The van der Waals surface area contributed by atoms with Crippen molar-refractivity contribution >= 4 is 11.9 Å². The predicted octanol–water partition coefficient (Wildman–Crippen LogP) is 4.08. The van der Waals surface area contributed by atoms with Gasteiger partial charge in [-0.3, -0.25) is 9.78 Å². The number of nitrogens with zero attached hydrogens (tertiary/aromatic N) is 5. The predicted molar refractivity (Wildman–Crippen MR) is 123 cm³/mol. The standard InChI is InChI=1S/C25H29N5O/c1-29(2)24-27-17-21(19-11-15-26-16-12-19)22(28-24)18-30(3)23(31)25(13-7-8-14-25)20-9-5-4-6-10-20/h4-6,9-12,15-17H,7-8,13-14,18H2,1-3H3. The lowest BCUT2D eigenvalue weighted by Gasteiger charge is -2.33. The normalized spacial score (nSPS) is 14.9. The molecule has 31 heavy (non-hydrogen) atoms. The third-order valence-corrected chi connectivity index (χ3v) is 6.17. The van der Waals surface area contributed by atoms with Crippen LogP contribution < -0.4 is 4.90 Å². The van der Waals surface area contributed by atoms with E-state index in [-0.39, 0.29) is 5.91 Å². The average molecular weight is 416 g/mol. The molecular weight excluding hydrogens is 386 g/mol. The minimum Gasteiger partial charge on any atom is -0.347 e. The monoisotopic (exact) mass is 415 g/mol. The second-order valence-corrected chi connectivity index (χ2v) is 8.48. The first-order valence-electron chi connectivity index (χ1n) is 10.8. The van der Waals surface area contributed by atoms with E-state index in [0.29, 0.717) is 12.5 Å². The third kappa shape index (κ3) is 4.15. The molecule has 0 unspecified atom stereocenters. The van der Waals surface area contributed by atoms with Gasteiger partial charge in [-0.05, 0) is 36.1 Å². The number of carbonyl (C=O) groups is 1. The molecule has 0 saturated heterocycles. The summed E-state index contributed by atoms with van der Waals surface area (Å²) >= 11 is 0. The lowest BCUT2D eigenvalue weighted by Crippen LogP contribution is -2.43. The molecule has 1 aliphatic carbocycles. The van der Waals surface area contributed by atoms with E-state index in [1.165, 1.54) is 0 Å². The fourth-order valence-corrected chi connectivity index (χ4v) is 4.54. The van der Waals surface area contributed by atoms with Gasteiger partial charge in [-0.25, -0.2) is 9.97 Å². The molecule has 1 aromatic carbocycles. The molecule has 2 heterocycles. The highest BCUT2D eigenvalue weighted by Crippen LogP contribution is 2.42. The van der Waals surface area contributed by atoms with E-state index < -0.39 is 5.41 Å². The van der Waals surface area contributed by atoms with Crippen molar-refractivity contribution in [3.05, 3.63) is 72.3 Å². The summed E-state index contributed by atoms with van der Waals surface area (Å²) in [6, 6.07) is 14.1. The van der Waals surface area contributed by atoms with Gasteiger partial charge in [0.1, 0.15) is 0 Å². The fraction of sp³-hybridized carbons (Fsp3) is 0.360. The average Bonchev–Trinajstić information content (AvgIpc) is 3.31. The van der Waals surface area contributed by atoms with Crippen molar-refractivity contribution in [2.24, 2.45) is 0 Å². The van der Waals surface area contributed by atoms with Crippen molar-refractivity contribution < 1.29 is 4.79 Å². The number of rotatable bonds is 6. The van der Waals surface area contributed by atoms with E-state index >= 15 is 0 Å². The van der Waals surface area contributed by atoms with Gasteiger partial charge in [-0.15, -0.1) is 0 Å². The molecule has 0 spiro atoms. The number of aromatic nitrogens is 3. The molecule has 6 heteroatoms. The largest absolute Gasteiger partial charge is 0.347 e. The van der Waals surface area contributed by atoms with Crippen LogP contribution in [0.15, 0.2) is 61.1 Å². The summed E-state index contributed by atoms with van der Waals surface area (Å²) in [5.74, 6) is 0.800. The number of hydrogen-bond donors (Lipinski definition) is 0. The van der Waals surface area contributed by atoms with Crippen molar-refractivity contribution in [3.63, 3.8) is 0 Å². The van der Waals surface area contributed by atoms with Crippen LogP contribution in [0, 0.1) is 0 Å². The first kappa shape index (κ1) is 21.0. The van der Waals surface area contributed by atoms with E-state index in [4.69, 9.17) is 4.98 Å². The summed E-state index contributed by atoms with van der Waals surface area (Å²) in [7, 11) is 5.73.